The summed E-state index contributed by atoms with van der Waals surface area (Å²) in [6.07, 6.45) is 0. The summed E-state index contributed by atoms with van der Waals surface area (Å²) >= 11 is 0. The molecule has 0 radical (unpaired) electrons. The predicted molar refractivity (Wildman–Crippen MR) is 272 cm³/mol. The molecule has 0 bridgehead atoms. The van der Waals surface area contributed by atoms with E-state index in [1.165, 1.54) is 71.2 Å². The molecule has 300 valence electrons. The maximum absolute atomic E-state index is 2.45. The number of para-hydroxylation sites is 3. The van der Waals surface area contributed by atoms with Crippen LogP contribution in [0.4, 0.5) is 17.1 Å². The first-order valence-electron chi connectivity index (χ1n) is 22.0. The molecule has 0 aliphatic carbocycles. The largest absolute Gasteiger partial charge is 0.310 e. The van der Waals surface area contributed by atoms with E-state index in [1.807, 2.05) is 0 Å². The first kappa shape index (κ1) is 37.3. The third-order valence-corrected chi connectivity index (χ3v) is 12.8. The first-order valence-corrected chi connectivity index (χ1v) is 22.0. The van der Waals surface area contributed by atoms with Crippen LogP contribution >= 0.6 is 0 Å². The molecule has 12 aromatic rings. The van der Waals surface area contributed by atoms with Crippen LogP contribution in [0.2, 0.25) is 0 Å². The molecule has 1 heterocycles. The Hall–Kier alpha value is -8.46. The normalized spacial score (nSPS) is 11.4. The van der Waals surface area contributed by atoms with Crippen molar-refractivity contribution < 1.29 is 0 Å². The molecule has 2 nitrogen and oxygen atoms in total. The molecular formula is C62H42N2. The minimum absolute atomic E-state index is 1.08. The molecule has 0 aliphatic heterocycles. The SMILES string of the molecule is c1ccc(-c2ccccc2-c2ccccc2-c2ccccc2N(c2cccc(-c3ccc4c5ccccc5n(-c5ccccc5)c4c3)c2)c2ccc3c(ccc4ccccc43)c2)cc1. The van der Waals surface area contributed by atoms with Crippen molar-refractivity contribution in [1.29, 1.82) is 0 Å². The Morgan fingerprint density at radius 3 is 1.61 bits per heavy atom. The van der Waals surface area contributed by atoms with Crippen molar-refractivity contribution in [2.24, 2.45) is 0 Å². The lowest BCUT2D eigenvalue weighted by atomic mass is 9.88. The van der Waals surface area contributed by atoms with E-state index in [0.717, 1.165) is 39.4 Å². The highest BCUT2D eigenvalue weighted by Gasteiger charge is 2.22. The number of hydrogen-bond donors (Lipinski definition) is 0. The molecule has 0 unspecified atom stereocenters. The lowest BCUT2D eigenvalue weighted by Gasteiger charge is -2.29. The van der Waals surface area contributed by atoms with E-state index in [9.17, 15) is 0 Å². The number of hydrogen-bond acceptors (Lipinski definition) is 1. The second kappa shape index (κ2) is 15.8. The van der Waals surface area contributed by atoms with Gasteiger partial charge in [0.1, 0.15) is 0 Å². The molecule has 0 spiro atoms. The van der Waals surface area contributed by atoms with Crippen molar-refractivity contribution in [1.82, 2.24) is 4.57 Å². The van der Waals surface area contributed by atoms with Crippen LogP contribution in [0, 0.1) is 0 Å². The molecular weight excluding hydrogens is 773 g/mol. The highest BCUT2D eigenvalue weighted by Crippen LogP contribution is 2.46. The third kappa shape index (κ3) is 6.44. The van der Waals surface area contributed by atoms with Crippen molar-refractivity contribution in [3.8, 4) is 50.2 Å². The van der Waals surface area contributed by atoms with Gasteiger partial charge in [0, 0.05) is 33.4 Å². The van der Waals surface area contributed by atoms with Gasteiger partial charge in [-0.2, -0.15) is 0 Å². The molecule has 0 N–H and O–H groups in total. The maximum Gasteiger partial charge on any atom is 0.0547 e. The molecule has 0 aliphatic rings. The van der Waals surface area contributed by atoms with E-state index in [1.54, 1.807) is 0 Å². The molecule has 0 atom stereocenters. The van der Waals surface area contributed by atoms with E-state index in [2.05, 4.69) is 264 Å². The Bertz CT molecular complexity index is 3680. The van der Waals surface area contributed by atoms with E-state index in [0.29, 0.717) is 0 Å². The molecule has 64 heavy (non-hydrogen) atoms. The fourth-order valence-corrected chi connectivity index (χ4v) is 9.83. The summed E-state index contributed by atoms with van der Waals surface area (Å²) in [6, 6.07) is 92.8. The molecule has 11 aromatic carbocycles. The summed E-state index contributed by atoms with van der Waals surface area (Å²) in [5.74, 6) is 0. The molecule has 0 fully saturated rings. The van der Waals surface area contributed by atoms with Gasteiger partial charge in [0.2, 0.25) is 0 Å². The second-order valence-electron chi connectivity index (χ2n) is 16.5. The van der Waals surface area contributed by atoms with Gasteiger partial charge in [-0.05, 0) is 115 Å². The van der Waals surface area contributed by atoms with E-state index in [4.69, 9.17) is 0 Å². The summed E-state index contributed by atoms with van der Waals surface area (Å²) in [4.78, 5) is 2.45. The highest BCUT2D eigenvalue weighted by molar-refractivity contribution is 6.11. The molecule has 1 aromatic heterocycles. The molecule has 12 rings (SSSR count). The van der Waals surface area contributed by atoms with Crippen LogP contribution < -0.4 is 4.90 Å². The van der Waals surface area contributed by atoms with Gasteiger partial charge in [0.25, 0.3) is 0 Å². The number of nitrogens with zero attached hydrogens (tertiary/aromatic N) is 2. The van der Waals surface area contributed by atoms with Crippen LogP contribution in [0.15, 0.2) is 255 Å². The first-order chi connectivity index (χ1) is 31.8. The number of anilines is 3. The summed E-state index contributed by atoms with van der Waals surface area (Å²) in [5, 5.41) is 7.44. The van der Waals surface area contributed by atoms with Gasteiger partial charge in [-0.25, -0.2) is 0 Å². The predicted octanol–water partition coefficient (Wildman–Crippen LogP) is 17.2. The van der Waals surface area contributed by atoms with Gasteiger partial charge in [-0.15, -0.1) is 0 Å². The number of fused-ring (bicyclic) bond motifs is 6. The molecule has 0 amide bonds. The van der Waals surface area contributed by atoms with Crippen molar-refractivity contribution in [3.05, 3.63) is 255 Å². The van der Waals surface area contributed by atoms with E-state index in [-0.39, 0.29) is 0 Å². The monoisotopic (exact) mass is 814 g/mol. The minimum Gasteiger partial charge on any atom is -0.310 e. The number of rotatable bonds is 8. The zero-order valence-electron chi connectivity index (χ0n) is 35.1. The molecule has 2 heteroatoms. The van der Waals surface area contributed by atoms with Gasteiger partial charge in [-0.1, -0.05) is 200 Å². The van der Waals surface area contributed by atoms with Gasteiger partial charge in [-0.3, -0.25) is 0 Å². The Morgan fingerprint density at radius 1 is 0.266 bits per heavy atom. The lowest BCUT2D eigenvalue weighted by Crippen LogP contribution is -2.11. The Balaban J connectivity index is 1.06. The average molecular weight is 815 g/mol. The minimum atomic E-state index is 1.08. The van der Waals surface area contributed by atoms with Crippen LogP contribution in [0.1, 0.15) is 0 Å². The van der Waals surface area contributed by atoms with Crippen LogP contribution in [0.25, 0.3) is 93.5 Å². The standard InChI is InChI=1S/C62H42N2/c1-3-18-43(19-4-1)52-26-9-10-27-54(52)55-28-11-12-29-56(55)57-30-13-15-32-60(57)63(50-37-39-53-47(41-50)35-34-44-20-7-8-25-51(44)53)49-24-17-21-45(40-49)46-36-38-59-58-31-14-16-33-61(58)64(62(59)42-46)48-22-5-2-6-23-48/h1-42H. The fraction of sp³-hybridized carbons (Fsp3) is 0. The second-order valence-corrected chi connectivity index (χ2v) is 16.5. The smallest absolute Gasteiger partial charge is 0.0547 e. The Kier molecular flexibility index (Phi) is 9.20. The van der Waals surface area contributed by atoms with Gasteiger partial charge in [0.15, 0.2) is 0 Å². The number of aromatic nitrogens is 1. The third-order valence-electron chi connectivity index (χ3n) is 12.8. The van der Waals surface area contributed by atoms with Gasteiger partial charge < -0.3 is 9.47 Å². The molecule has 0 saturated heterocycles. The van der Waals surface area contributed by atoms with Gasteiger partial charge in [0.05, 0.1) is 16.7 Å². The van der Waals surface area contributed by atoms with Crippen LogP contribution in [0.5, 0.6) is 0 Å². The average Bonchev–Trinajstić information content (AvgIpc) is 3.71. The number of benzene rings is 11. The van der Waals surface area contributed by atoms with Crippen molar-refractivity contribution in [3.63, 3.8) is 0 Å². The molecule has 0 saturated carbocycles. The van der Waals surface area contributed by atoms with Crippen LogP contribution in [-0.4, -0.2) is 4.57 Å². The van der Waals surface area contributed by atoms with Gasteiger partial charge >= 0.3 is 0 Å². The maximum atomic E-state index is 2.45. The topological polar surface area (TPSA) is 8.17 Å². The lowest BCUT2D eigenvalue weighted by molar-refractivity contribution is 1.18. The summed E-state index contributed by atoms with van der Waals surface area (Å²) in [7, 11) is 0. The van der Waals surface area contributed by atoms with Crippen molar-refractivity contribution >= 4 is 60.4 Å². The Labute approximate surface area is 373 Å². The van der Waals surface area contributed by atoms with Crippen molar-refractivity contribution in [2.45, 2.75) is 0 Å². The van der Waals surface area contributed by atoms with Crippen molar-refractivity contribution in [2.75, 3.05) is 4.90 Å². The fourth-order valence-electron chi connectivity index (χ4n) is 9.83. The van der Waals surface area contributed by atoms with Crippen LogP contribution in [-0.2, 0) is 0 Å². The zero-order chi connectivity index (χ0) is 42.4. The van der Waals surface area contributed by atoms with E-state index >= 15 is 0 Å². The quantitative estimate of drug-likeness (QED) is 0.139. The van der Waals surface area contributed by atoms with E-state index < -0.39 is 0 Å². The van der Waals surface area contributed by atoms with Crippen LogP contribution in [0.3, 0.4) is 0 Å². The summed E-state index contributed by atoms with van der Waals surface area (Å²) in [6.45, 7) is 0. The summed E-state index contributed by atoms with van der Waals surface area (Å²) < 4.78 is 2.40. The Morgan fingerprint density at radius 2 is 0.797 bits per heavy atom. The highest BCUT2D eigenvalue weighted by atomic mass is 15.1. The summed E-state index contributed by atoms with van der Waals surface area (Å²) in [5.41, 5.74) is 16.3. The zero-order valence-corrected chi connectivity index (χ0v) is 35.1.